The van der Waals surface area contributed by atoms with Crippen LogP contribution in [-0.2, 0) is 0 Å². The van der Waals surface area contributed by atoms with E-state index in [1.165, 1.54) is 0 Å². The Bertz CT molecular complexity index is 301. The van der Waals surface area contributed by atoms with Crippen molar-refractivity contribution in [1.82, 2.24) is 0 Å². The zero-order valence-corrected chi connectivity index (χ0v) is 9.31. The minimum absolute atomic E-state index is 0.0339. The van der Waals surface area contributed by atoms with E-state index in [1.807, 2.05) is 38.1 Å². The van der Waals surface area contributed by atoms with Crippen molar-refractivity contribution < 1.29 is 9.84 Å². The Morgan fingerprint density at radius 1 is 1.40 bits per heavy atom. The number of hydrogen-bond acceptors (Lipinski definition) is 3. The van der Waals surface area contributed by atoms with Crippen molar-refractivity contribution in [2.75, 3.05) is 13.2 Å². The van der Waals surface area contributed by atoms with E-state index < -0.39 is 6.10 Å². The molecule has 15 heavy (non-hydrogen) atoms. The van der Waals surface area contributed by atoms with Crippen molar-refractivity contribution in [1.29, 1.82) is 0 Å². The zero-order chi connectivity index (χ0) is 11.3. The molecule has 0 aliphatic carbocycles. The average Bonchev–Trinajstić information content (AvgIpc) is 2.28. The number of aliphatic hydroxyl groups is 1. The lowest BCUT2D eigenvalue weighted by atomic mass is 9.97. The van der Waals surface area contributed by atoms with Crippen LogP contribution in [0.5, 0.6) is 5.75 Å². The fourth-order valence-corrected chi connectivity index (χ4v) is 1.45. The summed E-state index contributed by atoms with van der Waals surface area (Å²) in [6.45, 7) is 4.91. The predicted octanol–water partition coefficient (Wildman–Crippen LogP) is 1.71. The van der Waals surface area contributed by atoms with Crippen molar-refractivity contribution >= 4 is 0 Å². The van der Waals surface area contributed by atoms with Gasteiger partial charge >= 0.3 is 0 Å². The molecule has 0 bridgehead atoms. The van der Waals surface area contributed by atoms with E-state index in [-0.39, 0.29) is 5.92 Å². The lowest BCUT2D eigenvalue weighted by molar-refractivity contribution is 0.117. The summed E-state index contributed by atoms with van der Waals surface area (Å²) in [5.41, 5.74) is 6.35. The molecular formula is C12H19NO2. The first-order valence-corrected chi connectivity index (χ1v) is 5.30. The largest absolute Gasteiger partial charge is 0.493 e. The van der Waals surface area contributed by atoms with Crippen LogP contribution in [-0.4, -0.2) is 18.3 Å². The van der Waals surface area contributed by atoms with Crippen molar-refractivity contribution in [3.63, 3.8) is 0 Å². The Morgan fingerprint density at radius 3 is 2.67 bits per heavy atom. The summed E-state index contributed by atoms with van der Waals surface area (Å²) in [6.07, 6.45) is -0.558. The van der Waals surface area contributed by atoms with E-state index >= 15 is 0 Å². The predicted molar refractivity (Wildman–Crippen MR) is 60.8 cm³/mol. The standard InChI is InChI=1S/C12H19NO2/c1-3-15-11-7-5-4-6-10(11)12(14)9(2)8-13/h4-7,9,12,14H,3,8,13H2,1-2H3. The second-order valence-corrected chi connectivity index (χ2v) is 3.63. The van der Waals surface area contributed by atoms with E-state index in [9.17, 15) is 5.11 Å². The summed E-state index contributed by atoms with van der Waals surface area (Å²) in [5.74, 6) is 0.777. The topological polar surface area (TPSA) is 55.5 Å². The van der Waals surface area contributed by atoms with Crippen molar-refractivity contribution in [3.05, 3.63) is 29.8 Å². The Hall–Kier alpha value is -1.06. The average molecular weight is 209 g/mol. The van der Waals surface area contributed by atoms with Gasteiger partial charge in [-0.2, -0.15) is 0 Å². The fraction of sp³-hybridized carbons (Fsp3) is 0.500. The van der Waals surface area contributed by atoms with Gasteiger partial charge in [-0.25, -0.2) is 0 Å². The van der Waals surface area contributed by atoms with Gasteiger partial charge in [-0.3, -0.25) is 0 Å². The molecular weight excluding hydrogens is 190 g/mol. The van der Waals surface area contributed by atoms with Gasteiger partial charge in [0.1, 0.15) is 5.75 Å². The summed E-state index contributed by atoms with van der Waals surface area (Å²) in [7, 11) is 0. The van der Waals surface area contributed by atoms with Crippen LogP contribution in [0.15, 0.2) is 24.3 Å². The molecule has 0 saturated heterocycles. The summed E-state index contributed by atoms with van der Waals surface area (Å²) in [4.78, 5) is 0. The highest BCUT2D eigenvalue weighted by atomic mass is 16.5. The number of aliphatic hydroxyl groups excluding tert-OH is 1. The first-order chi connectivity index (χ1) is 7.20. The maximum absolute atomic E-state index is 10.0. The molecule has 0 radical (unpaired) electrons. The molecule has 3 N–H and O–H groups in total. The molecule has 1 aromatic rings. The third-order valence-corrected chi connectivity index (χ3v) is 2.45. The first-order valence-electron chi connectivity index (χ1n) is 5.30. The molecule has 0 spiro atoms. The van der Waals surface area contributed by atoms with Gasteiger partial charge in [-0.15, -0.1) is 0 Å². The van der Waals surface area contributed by atoms with Crippen LogP contribution in [0.25, 0.3) is 0 Å². The monoisotopic (exact) mass is 209 g/mol. The highest BCUT2D eigenvalue weighted by Crippen LogP contribution is 2.29. The quantitative estimate of drug-likeness (QED) is 0.776. The van der Waals surface area contributed by atoms with E-state index in [2.05, 4.69) is 0 Å². The van der Waals surface area contributed by atoms with Gasteiger partial charge in [0, 0.05) is 5.56 Å². The summed E-state index contributed by atoms with van der Waals surface area (Å²) in [6, 6.07) is 7.53. The van der Waals surface area contributed by atoms with Crippen molar-refractivity contribution in [2.45, 2.75) is 20.0 Å². The number of hydrogen-bond donors (Lipinski definition) is 2. The molecule has 0 fully saturated rings. The molecule has 0 aromatic heterocycles. The highest BCUT2D eigenvalue weighted by Gasteiger charge is 2.18. The summed E-state index contributed by atoms with van der Waals surface area (Å²) < 4.78 is 5.45. The molecule has 1 rings (SSSR count). The lowest BCUT2D eigenvalue weighted by Gasteiger charge is -2.20. The zero-order valence-electron chi connectivity index (χ0n) is 9.31. The number of nitrogens with two attached hydrogens (primary N) is 1. The minimum Gasteiger partial charge on any atom is -0.493 e. The molecule has 84 valence electrons. The molecule has 0 aliphatic heterocycles. The molecule has 1 aromatic carbocycles. The smallest absolute Gasteiger partial charge is 0.125 e. The third kappa shape index (κ3) is 2.94. The molecule has 0 amide bonds. The number of benzene rings is 1. The second-order valence-electron chi connectivity index (χ2n) is 3.63. The SMILES string of the molecule is CCOc1ccccc1C(O)C(C)CN. The molecule has 3 heteroatoms. The summed E-state index contributed by atoms with van der Waals surface area (Å²) in [5, 5.41) is 10.0. The number of para-hydroxylation sites is 1. The maximum atomic E-state index is 10.0. The van der Waals surface area contributed by atoms with Gasteiger partial charge in [0.2, 0.25) is 0 Å². The van der Waals surface area contributed by atoms with Crippen LogP contribution >= 0.6 is 0 Å². The minimum atomic E-state index is -0.558. The third-order valence-electron chi connectivity index (χ3n) is 2.45. The molecule has 0 saturated carbocycles. The van der Waals surface area contributed by atoms with Gasteiger partial charge < -0.3 is 15.6 Å². The Balaban J connectivity index is 2.91. The Morgan fingerprint density at radius 2 is 2.07 bits per heavy atom. The first kappa shape index (κ1) is 12.0. The van der Waals surface area contributed by atoms with Crippen LogP contribution in [0.3, 0.4) is 0 Å². The maximum Gasteiger partial charge on any atom is 0.125 e. The van der Waals surface area contributed by atoms with E-state index in [0.29, 0.717) is 13.2 Å². The number of rotatable bonds is 5. The van der Waals surface area contributed by atoms with Crippen LogP contribution < -0.4 is 10.5 Å². The normalized spacial score (nSPS) is 14.7. The Kier molecular flexibility index (Phi) is 4.59. The van der Waals surface area contributed by atoms with Crippen LogP contribution in [0.2, 0.25) is 0 Å². The van der Waals surface area contributed by atoms with Gasteiger partial charge in [-0.05, 0) is 25.5 Å². The molecule has 2 atom stereocenters. The van der Waals surface area contributed by atoms with Crippen molar-refractivity contribution in [3.8, 4) is 5.75 Å². The van der Waals surface area contributed by atoms with Crippen molar-refractivity contribution in [2.24, 2.45) is 11.7 Å². The fourth-order valence-electron chi connectivity index (χ4n) is 1.45. The van der Waals surface area contributed by atoms with Gasteiger partial charge in [-0.1, -0.05) is 25.1 Å². The van der Waals surface area contributed by atoms with Gasteiger partial charge in [0.05, 0.1) is 12.7 Å². The van der Waals surface area contributed by atoms with E-state index in [1.54, 1.807) is 0 Å². The molecule has 3 nitrogen and oxygen atoms in total. The van der Waals surface area contributed by atoms with Crippen LogP contribution in [0.1, 0.15) is 25.5 Å². The van der Waals surface area contributed by atoms with Gasteiger partial charge in [0.25, 0.3) is 0 Å². The molecule has 0 aliphatic rings. The Labute approximate surface area is 90.9 Å². The van der Waals surface area contributed by atoms with Crippen LogP contribution in [0.4, 0.5) is 0 Å². The van der Waals surface area contributed by atoms with Crippen LogP contribution in [0, 0.1) is 5.92 Å². The summed E-state index contributed by atoms with van der Waals surface area (Å²) >= 11 is 0. The van der Waals surface area contributed by atoms with E-state index in [0.717, 1.165) is 11.3 Å². The molecule has 2 unspecified atom stereocenters. The second kappa shape index (κ2) is 5.73. The lowest BCUT2D eigenvalue weighted by Crippen LogP contribution is -2.19. The van der Waals surface area contributed by atoms with Gasteiger partial charge in [0.15, 0.2) is 0 Å². The number of ether oxygens (including phenoxy) is 1. The molecule has 0 heterocycles. The highest BCUT2D eigenvalue weighted by molar-refractivity contribution is 5.35. The van der Waals surface area contributed by atoms with E-state index in [4.69, 9.17) is 10.5 Å².